The Morgan fingerprint density at radius 1 is 1.00 bits per heavy atom. The monoisotopic (exact) mass is 344 g/mol. The second-order valence-corrected chi connectivity index (χ2v) is 5.30. The lowest BCUT2D eigenvalue weighted by Crippen LogP contribution is -2.13. The van der Waals surface area contributed by atoms with Crippen molar-refractivity contribution in [1.29, 1.82) is 0 Å². The molecule has 0 saturated carbocycles. The van der Waals surface area contributed by atoms with E-state index >= 15 is 0 Å². The Morgan fingerprint density at radius 2 is 1.60 bits per heavy atom. The lowest BCUT2D eigenvalue weighted by atomic mass is 9.94. The number of benzene rings is 2. The van der Waals surface area contributed by atoms with Crippen LogP contribution in [0.4, 0.5) is 13.2 Å². The maximum Gasteiger partial charge on any atom is 0.416 e. The molecule has 0 aliphatic rings. The molecular formula is C15H12BrF3O. The minimum absolute atomic E-state index is 0.138. The molecule has 0 aliphatic carbocycles. The van der Waals surface area contributed by atoms with Gasteiger partial charge in [0.15, 0.2) is 0 Å². The van der Waals surface area contributed by atoms with Gasteiger partial charge in [-0.05, 0) is 35.7 Å². The molecule has 0 amide bonds. The summed E-state index contributed by atoms with van der Waals surface area (Å²) in [5, 5.41) is 10.3. The zero-order valence-corrected chi connectivity index (χ0v) is 12.2. The van der Waals surface area contributed by atoms with Crippen LogP contribution in [0.1, 0.15) is 28.4 Å². The van der Waals surface area contributed by atoms with Crippen molar-refractivity contribution in [3.63, 3.8) is 0 Å². The van der Waals surface area contributed by atoms with E-state index in [0.29, 0.717) is 5.56 Å². The fraction of sp³-hybridized carbons (Fsp3) is 0.200. The molecule has 5 heteroatoms. The molecule has 106 valence electrons. The second kappa shape index (κ2) is 5.58. The van der Waals surface area contributed by atoms with Gasteiger partial charge < -0.3 is 5.11 Å². The summed E-state index contributed by atoms with van der Waals surface area (Å²) in [6.45, 7) is 1.75. The topological polar surface area (TPSA) is 20.2 Å². The van der Waals surface area contributed by atoms with Crippen LogP contribution in [0.3, 0.4) is 0 Å². The highest BCUT2D eigenvalue weighted by Gasteiger charge is 2.35. The first-order chi connectivity index (χ1) is 9.32. The predicted octanol–water partition coefficient (Wildman–Crippen LogP) is 4.86. The Bertz CT molecular complexity index is 623. The maximum atomic E-state index is 13.0. The number of hydrogen-bond donors (Lipinski definition) is 1. The third-order valence-electron chi connectivity index (χ3n) is 3.16. The van der Waals surface area contributed by atoms with Gasteiger partial charge in [-0.3, -0.25) is 0 Å². The Kier molecular flexibility index (Phi) is 4.20. The van der Waals surface area contributed by atoms with E-state index in [0.717, 1.165) is 16.1 Å². The molecule has 0 fully saturated rings. The highest BCUT2D eigenvalue weighted by atomic mass is 79.9. The van der Waals surface area contributed by atoms with Crippen LogP contribution < -0.4 is 0 Å². The van der Waals surface area contributed by atoms with Crippen molar-refractivity contribution in [2.45, 2.75) is 19.2 Å². The Balaban J connectivity index is 2.55. The van der Waals surface area contributed by atoms with E-state index in [1.807, 2.05) is 0 Å². The van der Waals surface area contributed by atoms with Gasteiger partial charge >= 0.3 is 6.18 Å². The van der Waals surface area contributed by atoms with Gasteiger partial charge in [0.25, 0.3) is 0 Å². The van der Waals surface area contributed by atoms with Crippen LogP contribution in [0.25, 0.3) is 0 Å². The normalized spacial score (nSPS) is 13.3. The summed E-state index contributed by atoms with van der Waals surface area (Å²) >= 11 is 3.31. The molecule has 0 saturated heterocycles. The summed E-state index contributed by atoms with van der Waals surface area (Å²) in [5.41, 5.74) is 0.223. The summed E-state index contributed by atoms with van der Waals surface area (Å²) in [4.78, 5) is 0. The van der Waals surface area contributed by atoms with Crippen LogP contribution in [0.2, 0.25) is 0 Å². The SMILES string of the molecule is Cc1c(Br)cccc1C(O)c1ccccc1C(F)(F)F. The van der Waals surface area contributed by atoms with Crippen molar-refractivity contribution in [1.82, 2.24) is 0 Å². The van der Waals surface area contributed by atoms with E-state index < -0.39 is 17.8 Å². The maximum absolute atomic E-state index is 13.0. The second-order valence-electron chi connectivity index (χ2n) is 4.44. The van der Waals surface area contributed by atoms with E-state index in [1.165, 1.54) is 18.2 Å². The molecule has 2 aromatic carbocycles. The first-order valence-corrected chi connectivity index (χ1v) is 6.71. The lowest BCUT2D eigenvalue weighted by molar-refractivity contribution is -0.139. The first kappa shape index (κ1) is 15.1. The van der Waals surface area contributed by atoms with Crippen molar-refractivity contribution in [2.24, 2.45) is 0 Å². The van der Waals surface area contributed by atoms with Gasteiger partial charge in [-0.15, -0.1) is 0 Å². The van der Waals surface area contributed by atoms with Crippen LogP contribution in [-0.2, 0) is 6.18 Å². The summed E-state index contributed by atoms with van der Waals surface area (Å²) in [7, 11) is 0. The van der Waals surface area contributed by atoms with Crippen LogP contribution in [0.5, 0.6) is 0 Å². The van der Waals surface area contributed by atoms with Gasteiger partial charge in [-0.1, -0.05) is 46.3 Å². The third-order valence-corrected chi connectivity index (χ3v) is 4.02. The number of aliphatic hydroxyl groups is 1. The van der Waals surface area contributed by atoms with Crippen LogP contribution in [-0.4, -0.2) is 5.11 Å². The highest BCUT2D eigenvalue weighted by molar-refractivity contribution is 9.10. The number of aliphatic hydroxyl groups excluding tert-OH is 1. The van der Waals surface area contributed by atoms with Crippen LogP contribution in [0.15, 0.2) is 46.9 Å². The van der Waals surface area contributed by atoms with Crippen molar-refractivity contribution in [2.75, 3.05) is 0 Å². The zero-order valence-electron chi connectivity index (χ0n) is 10.6. The van der Waals surface area contributed by atoms with E-state index in [9.17, 15) is 18.3 Å². The molecule has 20 heavy (non-hydrogen) atoms. The lowest BCUT2D eigenvalue weighted by Gasteiger charge is -2.19. The molecule has 2 aromatic rings. The van der Waals surface area contributed by atoms with Crippen molar-refractivity contribution in [3.05, 3.63) is 69.2 Å². The first-order valence-electron chi connectivity index (χ1n) is 5.91. The van der Waals surface area contributed by atoms with Crippen molar-refractivity contribution < 1.29 is 18.3 Å². The molecule has 1 unspecified atom stereocenters. The number of hydrogen-bond acceptors (Lipinski definition) is 1. The van der Waals surface area contributed by atoms with Gasteiger partial charge in [-0.2, -0.15) is 13.2 Å². The average molecular weight is 345 g/mol. The Hall–Kier alpha value is -1.33. The number of halogens is 4. The molecule has 0 aliphatic heterocycles. The van der Waals surface area contributed by atoms with E-state index in [1.54, 1.807) is 25.1 Å². The molecule has 0 radical (unpaired) electrons. The Labute approximate surface area is 123 Å². The van der Waals surface area contributed by atoms with Gasteiger partial charge in [0, 0.05) is 4.47 Å². The molecule has 0 heterocycles. The van der Waals surface area contributed by atoms with Crippen molar-refractivity contribution >= 4 is 15.9 Å². The third kappa shape index (κ3) is 2.88. The molecule has 2 rings (SSSR count). The van der Waals surface area contributed by atoms with Crippen molar-refractivity contribution in [3.8, 4) is 0 Å². The molecule has 0 bridgehead atoms. The van der Waals surface area contributed by atoms with E-state index in [4.69, 9.17) is 0 Å². The quantitative estimate of drug-likeness (QED) is 0.824. The van der Waals surface area contributed by atoms with E-state index in [-0.39, 0.29) is 5.56 Å². The fourth-order valence-corrected chi connectivity index (χ4v) is 2.46. The Morgan fingerprint density at radius 3 is 2.25 bits per heavy atom. The van der Waals surface area contributed by atoms with Gasteiger partial charge in [0.2, 0.25) is 0 Å². The number of rotatable bonds is 2. The predicted molar refractivity (Wildman–Crippen MR) is 74.4 cm³/mol. The number of alkyl halides is 3. The molecule has 1 atom stereocenters. The summed E-state index contributed by atoms with van der Waals surface area (Å²) < 4.78 is 39.7. The van der Waals surface area contributed by atoms with E-state index in [2.05, 4.69) is 15.9 Å². The standard InChI is InChI=1S/C15H12BrF3O/c1-9-10(6-4-8-13(9)16)14(20)11-5-2-3-7-12(11)15(17,18)19/h2-8,14,20H,1H3. The molecule has 0 spiro atoms. The average Bonchev–Trinajstić information content (AvgIpc) is 2.40. The molecular weight excluding hydrogens is 333 g/mol. The smallest absolute Gasteiger partial charge is 0.384 e. The minimum atomic E-state index is -4.49. The van der Waals surface area contributed by atoms with Gasteiger partial charge in [-0.25, -0.2) is 0 Å². The van der Waals surface area contributed by atoms with Gasteiger partial charge in [0.1, 0.15) is 6.10 Å². The highest BCUT2D eigenvalue weighted by Crippen LogP contribution is 2.37. The summed E-state index contributed by atoms with van der Waals surface area (Å²) in [5.74, 6) is 0. The summed E-state index contributed by atoms with van der Waals surface area (Å²) in [6, 6.07) is 10.2. The van der Waals surface area contributed by atoms with Gasteiger partial charge in [0.05, 0.1) is 5.56 Å². The largest absolute Gasteiger partial charge is 0.416 e. The van der Waals surface area contributed by atoms with Crippen LogP contribution in [0, 0.1) is 6.92 Å². The zero-order chi connectivity index (χ0) is 14.9. The summed E-state index contributed by atoms with van der Waals surface area (Å²) in [6.07, 6.45) is -5.80. The molecule has 1 N–H and O–H groups in total. The fourth-order valence-electron chi connectivity index (χ4n) is 2.08. The minimum Gasteiger partial charge on any atom is -0.384 e. The molecule has 0 aromatic heterocycles. The molecule has 1 nitrogen and oxygen atoms in total. The van der Waals surface area contributed by atoms with Crippen LogP contribution >= 0.6 is 15.9 Å².